The summed E-state index contributed by atoms with van der Waals surface area (Å²) in [5.74, 6) is 1.28. The van der Waals surface area contributed by atoms with Crippen LogP contribution >= 0.6 is 0 Å². The zero-order valence-electron chi connectivity index (χ0n) is 11.3. The van der Waals surface area contributed by atoms with E-state index in [1.807, 2.05) is 4.90 Å². The van der Waals surface area contributed by atoms with Gasteiger partial charge in [0.05, 0.1) is 4.92 Å². The van der Waals surface area contributed by atoms with Gasteiger partial charge in [0.25, 0.3) is 11.6 Å². The molecule has 5 heteroatoms. The number of rotatable bonds is 2. The second-order valence-electron chi connectivity index (χ2n) is 5.90. The highest BCUT2D eigenvalue weighted by Crippen LogP contribution is 2.34. The van der Waals surface area contributed by atoms with Gasteiger partial charge in [-0.05, 0) is 49.7 Å². The third kappa shape index (κ3) is 2.53. The van der Waals surface area contributed by atoms with Gasteiger partial charge in [0.1, 0.15) is 0 Å². The Labute approximate surface area is 117 Å². The van der Waals surface area contributed by atoms with Crippen LogP contribution in [-0.2, 0) is 0 Å². The van der Waals surface area contributed by atoms with E-state index in [0.29, 0.717) is 17.4 Å². The number of hydrogen-bond donors (Lipinski definition) is 0. The molecule has 0 atom stereocenters. The predicted octanol–water partition coefficient (Wildman–Crippen LogP) is 2.86. The lowest BCUT2D eigenvalue weighted by molar-refractivity contribution is -0.384. The average molecular weight is 274 g/mol. The van der Waals surface area contributed by atoms with Crippen molar-refractivity contribution in [3.05, 3.63) is 39.9 Å². The van der Waals surface area contributed by atoms with Crippen LogP contribution in [0.3, 0.4) is 0 Å². The molecule has 20 heavy (non-hydrogen) atoms. The first-order valence-corrected chi connectivity index (χ1v) is 7.17. The van der Waals surface area contributed by atoms with Gasteiger partial charge in [0.2, 0.25) is 0 Å². The molecule has 1 aromatic rings. The van der Waals surface area contributed by atoms with E-state index in [4.69, 9.17) is 0 Å². The summed E-state index contributed by atoms with van der Waals surface area (Å²) in [7, 11) is 0. The molecule has 1 amide bonds. The third-order valence-electron chi connectivity index (χ3n) is 4.54. The monoisotopic (exact) mass is 274 g/mol. The largest absolute Gasteiger partial charge is 0.338 e. The Morgan fingerprint density at radius 2 is 1.55 bits per heavy atom. The molecular formula is C15H18N2O3. The predicted molar refractivity (Wildman–Crippen MR) is 74.4 cm³/mol. The average Bonchev–Trinajstić information content (AvgIpc) is 2.80. The summed E-state index contributed by atoms with van der Waals surface area (Å²) in [4.78, 5) is 24.6. The van der Waals surface area contributed by atoms with Crippen LogP contribution in [0.2, 0.25) is 0 Å². The quantitative estimate of drug-likeness (QED) is 0.615. The van der Waals surface area contributed by atoms with Gasteiger partial charge in [0, 0.05) is 30.8 Å². The molecule has 5 nitrogen and oxygen atoms in total. The van der Waals surface area contributed by atoms with Crippen molar-refractivity contribution in [2.24, 2.45) is 11.8 Å². The van der Waals surface area contributed by atoms with Crippen LogP contribution in [0, 0.1) is 22.0 Å². The molecule has 1 aromatic carbocycles. The first kappa shape index (κ1) is 13.1. The number of non-ortho nitro benzene ring substituents is 1. The number of amides is 1. The molecular weight excluding hydrogens is 256 g/mol. The zero-order valence-corrected chi connectivity index (χ0v) is 11.3. The molecule has 1 saturated carbocycles. The molecule has 1 aliphatic carbocycles. The lowest BCUT2D eigenvalue weighted by Crippen LogP contribution is -2.34. The molecule has 2 heterocycles. The van der Waals surface area contributed by atoms with Crippen LogP contribution < -0.4 is 0 Å². The normalized spacial score (nSPS) is 25.3. The highest BCUT2D eigenvalue weighted by Gasteiger charge is 2.31. The highest BCUT2D eigenvalue weighted by molar-refractivity contribution is 5.94. The molecule has 3 fully saturated rings. The third-order valence-corrected chi connectivity index (χ3v) is 4.54. The molecule has 0 spiro atoms. The second-order valence-corrected chi connectivity index (χ2v) is 5.90. The summed E-state index contributed by atoms with van der Waals surface area (Å²) in [6, 6.07) is 5.93. The summed E-state index contributed by atoms with van der Waals surface area (Å²) >= 11 is 0. The van der Waals surface area contributed by atoms with Crippen LogP contribution in [-0.4, -0.2) is 28.8 Å². The van der Waals surface area contributed by atoms with Gasteiger partial charge in [-0.3, -0.25) is 14.9 Å². The van der Waals surface area contributed by atoms with Crippen LogP contribution in [0.1, 0.15) is 36.0 Å². The smallest absolute Gasteiger partial charge is 0.269 e. The van der Waals surface area contributed by atoms with Crippen molar-refractivity contribution in [2.75, 3.05) is 13.1 Å². The summed E-state index contributed by atoms with van der Waals surface area (Å²) in [6.45, 7) is 1.68. The first-order valence-electron chi connectivity index (χ1n) is 7.17. The number of carbonyl (C=O) groups is 1. The molecule has 106 valence electrons. The van der Waals surface area contributed by atoms with Crippen molar-refractivity contribution in [2.45, 2.75) is 25.7 Å². The van der Waals surface area contributed by atoms with Crippen LogP contribution in [0.15, 0.2) is 24.3 Å². The maximum absolute atomic E-state index is 12.5. The van der Waals surface area contributed by atoms with Crippen LogP contribution in [0.25, 0.3) is 0 Å². The molecule has 2 bridgehead atoms. The van der Waals surface area contributed by atoms with E-state index in [1.165, 1.54) is 37.8 Å². The molecule has 2 aliphatic heterocycles. The van der Waals surface area contributed by atoms with Crippen molar-refractivity contribution >= 4 is 11.6 Å². The Kier molecular flexibility index (Phi) is 3.42. The lowest BCUT2D eigenvalue weighted by Gasteiger charge is -2.22. The minimum atomic E-state index is -0.444. The number of benzene rings is 1. The van der Waals surface area contributed by atoms with Gasteiger partial charge in [0.15, 0.2) is 0 Å². The number of nitro benzene ring substituents is 1. The fourth-order valence-corrected chi connectivity index (χ4v) is 3.37. The van der Waals surface area contributed by atoms with E-state index < -0.39 is 4.92 Å². The standard InChI is InChI=1S/C15H18N2O3/c18-15(13-5-7-14(8-6-13)17(19)20)16-9-11-1-2-12(10-16)4-3-11/h5-8,11-12H,1-4,9-10H2. The lowest BCUT2D eigenvalue weighted by atomic mass is 9.84. The van der Waals surface area contributed by atoms with Crippen molar-refractivity contribution in [1.29, 1.82) is 0 Å². The van der Waals surface area contributed by atoms with E-state index >= 15 is 0 Å². The fourth-order valence-electron chi connectivity index (χ4n) is 3.37. The minimum Gasteiger partial charge on any atom is -0.338 e. The number of hydrogen-bond acceptors (Lipinski definition) is 3. The van der Waals surface area contributed by atoms with Gasteiger partial charge in [-0.15, -0.1) is 0 Å². The van der Waals surface area contributed by atoms with Gasteiger partial charge < -0.3 is 4.90 Å². The van der Waals surface area contributed by atoms with E-state index in [9.17, 15) is 14.9 Å². The van der Waals surface area contributed by atoms with Crippen molar-refractivity contribution in [3.63, 3.8) is 0 Å². The Morgan fingerprint density at radius 3 is 2.00 bits per heavy atom. The fraction of sp³-hybridized carbons (Fsp3) is 0.533. The Hall–Kier alpha value is -1.91. The molecule has 3 aliphatic rings. The van der Waals surface area contributed by atoms with Gasteiger partial charge >= 0.3 is 0 Å². The maximum atomic E-state index is 12.5. The molecule has 2 saturated heterocycles. The summed E-state index contributed by atoms with van der Waals surface area (Å²) in [5, 5.41) is 10.6. The van der Waals surface area contributed by atoms with Gasteiger partial charge in [-0.2, -0.15) is 0 Å². The van der Waals surface area contributed by atoms with E-state index in [1.54, 1.807) is 12.1 Å². The van der Waals surface area contributed by atoms with E-state index in [2.05, 4.69) is 0 Å². The Bertz CT molecular complexity index is 504. The molecule has 0 aromatic heterocycles. The summed E-state index contributed by atoms with van der Waals surface area (Å²) in [5.41, 5.74) is 0.578. The topological polar surface area (TPSA) is 63.4 Å². The summed E-state index contributed by atoms with van der Waals surface area (Å²) < 4.78 is 0. The number of fused-ring (bicyclic) bond motifs is 4. The van der Waals surface area contributed by atoms with Gasteiger partial charge in [-0.1, -0.05) is 0 Å². The molecule has 0 N–H and O–H groups in total. The second kappa shape index (κ2) is 5.23. The Morgan fingerprint density at radius 1 is 1.05 bits per heavy atom. The molecule has 4 rings (SSSR count). The summed E-state index contributed by atoms with van der Waals surface area (Å²) in [6.07, 6.45) is 4.92. The van der Waals surface area contributed by atoms with E-state index in [0.717, 1.165) is 13.1 Å². The van der Waals surface area contributed by atoms with E-state index in [-0.39, 0.29) is 11.6 Å². The van der Waals surface area contributed by atoms with Crippen molar-refractivity contribution in [3.8, 4) is 0 Å². The number of nitro groups is 1. The first-order chi connectivity index (χ1) is 9.63. The molecule has 0 radical (unpaired) electrons. The number of nitrogens with zero attached hydrogens (tertiary/aromatic N) is 2. The van der Waals surface area contributed by atoms with Gasteiger partial charge in [-0.25, -0.2) is 0 Å². The zero-order chi connectivity index (χ0) is 14.1. The van der Waals surface area contributed by atoms with Crippen LogP contribution in [0.4, 0.5) is 5.69 Å². The van der Waals surface area contributed by atoms with Crippen LogP contribution in [0.5, 0.6) is 0 Å². The SMILES string of the molecule is O=C(c1ccc([N+](=O)[O-])cc1)N1CC2CCC(CC2)C1. The minimum absolute atomic E-state index is 0.0127. The molecule has 0 unspecified atom stereocenters. The highest BCUT2D eigenvalue weighted by atomic mass is 16.6. The number of carbonyl (C=O) groups excluding carboxylic acids is 1. The maximum Gasteiger partial charge on any atom is 0.269 e. The van der Waals surface area contributed by atoms with Crippen molar-refractivity contribution < 1.29 is 9.72 Å². The Balaban J connectivity index is 1.76. The van der Waals surface area contributed by atoms with Crippen molar-refractivity contribution in [1.82, 2.24) is 4.90 Å².